The molecule has 7 nitrogen and oxygen atoms in total. The molecule has 0 unspecified atom stereocenters. The van der Waals surface area contributed by atoms with Crippen LogP contribution in [0.5, 0.6) is 5.75 Å². The SMILES string of the molecule is CC(=O)Oc1ccc(S(=O)(=O)C(=[N+]=[N-])C(=O)c2ccc(C)cc2)cc1. The molecule has 0 aromatic heterocycles. The molecule has 0 aliphatic carbocycles. The summed E-state index contributed by atoms with van der Waals surface area (Å²) in [7, 11) is -4.34. The van der Waals surface area contributed by atoms with Crippen LogP contribution in [0.1, 0.15) is 22.8 Å². The van der Waals surface area contributed by atoms with E-state index < -0.39 is 26.6 Å². The monoisotopic (exact) mass is 358 g/mol. The molecule has 0 N–H and O–H groups in total. The minimum absolute atomic E-state index is 0.0820. The number of carbonyl (C=O) groups excluding carboxylic acids is 2. The van der Waals surface area contributed by atoms with Gasteiger partial charge in [0.1, 0.15) is 5.75 Å². The number of esters is 1. The highest BCUT2D eigenvalue weighted by molar-refractivity contribution is 8.08. The molecule has 0 amide bonds. The van der Waals surface area contributed by atoms with E-state index >= 15 is 0 Å². The van der Waals surface area contributed by atoms with Crippen LogP contribution in [-0.2, 0) is 14.6 Å². The highest BCUT2D eigenvalue weighted by atomic mass is 32.2. The number of Topliss-reactive ketones (excluding diaryl/α,β-unsaturated/α-hetero) is 1. The van der Waals surface area contributed by atoms with E-state index in [-0.39, 0.29) is 16.2 Å². The summed E-state index contributed by atoms with van der Waals surface area (Å²) in [6.45, 7) is 3.03. The molecule has 0 saturated heterocycles. The standard InChI is InChI=1S/C17H14N2O5S/c1-11-3-5-13(6-4-11)16(21)17(19-18)25(22,23)15-9-7-14(8-10-15)24-12(2)20/h3-10H,1-2H3. The average molecular weight is 358 g/mol. The van der Waals surface area contributed by atoms with Gasteiger partial charge in [-0.3, -0.25) is 9.59 Å². The van der Waals surface area contributed by atoms with Gasteiger partial charge in [0, 0.05) is 12.5 Å². The zero-order chi connectivity index (χ0) is 18.6. The number of hydrogen-bond acceptors (Lipinski definition) is 5. The number of ether oxygens (including phenoxy) is 1. The van der Waals surface area contributed by atoms with E-state index in [4.69, 9.17) is 10.3 Å². The third kappa shape index (κ3) is 4.06. The first-order chi connectivity index (χ1) is 11.8. The second-order valence-corrected chi connectivity index (χ2v) is 7.03. The number of benzene rings is 2. The minimum atomic E-state index is -4.34. The maximum atomic E-state index is 12.6. The van der Waals surface area contributed by atoms with Gasteiger partial charge in [0.25, 0.3) is 15.6 Å². The molecule has 2 aromatic carbocycles. The number of ketones is 1. The third-order valence-corrected chi connectivity index (χ3v) is 4.92. The first-order valence-corrected chi connectivity index (χ1v) is 8.61. The molecule has 0 radical (unpaired) electrons. The van der Waals surface area contributed by atoms with Gasteiger partial charge in [-0.25, -0.2) is 8.42 Å². The van der Waals surface area contributed by atoms with Crippen LogP contribution in [0, 0.1) is 6.92 Å². The Morgan fingerprint density at radius 2 is 1.56 bits per heavy atom. The van der Waals surface area contributed by atoms with Gasteiger partial charge in [-0.05, 0) is 31.2 Å². The smallest absolute Gasteiger partial charge is 0.427 e. The molecule has 0 atom stereocenters. The fourth-order valence-corrected chi connectivity index (χ4v) is 3.20. The van der Waals surface area contributed by atoms with Gasteiger partial charge in [-0.15, -0.1) is 4.79 Å². The van der Waals surface area contributed by atoms with Gasteiger partial charge >= 0.3 is 11.0 Å². The highest BCUT2D eigenvalue weighted by Gasteiger charge is 2.38. The quantitative estimate of drug-likeness (QED) is 0.158. The van der Waals surface area contributed by atoms with Crippen molar-refractivity contribution in [3.8, 4) is 5.75 Å². The van der Waals surface area contributed by atoms with E-state index in [9.17, 15) is 18.0 Å². The second-order valence-electron chi connectivity index (χ2n) is 5.17. The summed E-state index contributed by atoms with van der Waals surface area (Å²) >= 11 is 0. The van der Waals surface area contributed by atoms with Crippen LogP contribution in [0.15, 0.2) is 53.4 Å². The minimum Gasteiger partial charge on any atom is -0.427 e. The first kappa shape index (κ1) is 18.3. The van der Waals surface area contributed by atoms with Crippen LogP contribution in [0.2, 0.25) is 0 Å². The van der Waals surface area contributed by atoms with Gasteiger partial charge in [0.15, 0.2) is 0 Å². The van der Waals surface area contributed by atoms with Crippen molar-refractivity contribution in [2.75, 3.05) is 0 Å². The Bertz CT molecular complexity index is 971. The predicted octanol–water partition coefficient (Wildman–Crippen LogP) is 2.21. The molecule has 2 aromatic rings. The van der Waals surface area contributed by atoms with Crippen molar-refractivity contribution >= 4 is 26.6 Å². The van der Waals surface area contributed by atoms with Gasteiger partial charge in [0.05, 0.1) is 4.90 Å². The lowest BCUT2D eigenvalue weighted by Crippen LogP contribution is -2.26. The van der Waals surface area contributed by atoms with Crippen LogP contribution < -0.4 is 4.74 Å². The van der Waals surface area contributed by atoms with E-state index in [1.807, 2.05) is 6.92 Å². The van der Waals surface area contributed by atoms with Crippen molar-refractivity contribution in [1.82, 2.24) is 0 Å². The molecule has 128 valence electrons. The lowest BCUT2D eigenvalue weighted by atomic mass is 10.1. The zero-order valence-electron chi connectivity index (χ0n) is 13.5. The van der Waals surface area contributed by atoms with Gasteiger partial charge in [0.2, 0.25) is 0 Å². The van der Waals surface area contributed by atoms with E-state index in [0.29, 0.717) is 0 Å². The summed E-state index contributed by atoms with van der Waals surface area (Å²) < 4.78 is 29.9. The van der Waals surface area contributed by atoms with E-state index in [1.165, 1.54) is 31.2 Å². The number of hydrogen-bond donors (Lipinski definition) is 0. The van der Waals surface area contributed by atoms with E-state index in [2.05, 4.69) is 4.79 Å². The normalized spacial score (nSPS) is 10.6. The molecule has 0 bridgehead atoms. The van der Waals surface area contributed by atoms with Gasteiger partial charge in [-0.1, -0.05) is 29.8 Å². The van der Waals surface area contributed by atoms with Crippen molar-refractivity contribution < 1.29 is 27.5 Å². The lowest BCUT2D eigenvalue weighted by Gasteiger charge is -2.03. The molecular weight excluding hydrogens is 344 g/mol. The summed E-state index contributed by atoms with van der Waals surface area (Å²) in [4.78, 5) is 25.7. The Morgan fingerprint density at radius 1 is 1.00 bits per heavy atom. The van der Waals surface area contributed by atoms with Crippen molar-refractivity contribution in [2.24, 2.45) is 0 Å². The third-order valence-electron chi connectivity index (χ3n) is 3.25. The Morgan fingerprint density at radius 3 is 2.04 bits per heavy atom. The molecule has 0 aliphatic heterocycles. The number of sulfone groups is 1. The fourth-order valence-electron chi connectivity index (χ4n) is 2.01. The first-order valence-electron chi connectivity index (χ1n) is 7.12. The molecule has 25 heavy (non-hydrogen) atoms. The summed E-state index contributed by atoms with van der Waals surface area (Å²) in [5.74, 6) is -1.33. The topological polar surface area (TPSA) is 114 Å². The van der Waals surface area contributed by atoms with Gasteiger partial charge in [-0.2, -0.15) is 0 Å². The summed E-state index contributed by atoms with van der Waals surface area (Å²) in [5, 5.41) is -0.989. The van der Waals surface area contributed by atoms with Gasteiger partial charge < -0.3 is 10.3 Å². The molecule has 8 heteroatoms. The highest BCUT2D eigenvalue weighted by Crippen LogP contribution is 2.19. The van der Waals surface area contributed by atoms with Crippen LogP contribution >= 0.6 is 0 Å². The molecular formula is C17H14N2O5S. The van der Waals surface area contributed by atoms with Crippen LogP contribution in [0.25, 0.3) is 5.53 Å². The summed E-state index contributed by atoms with van der Waals surface area (Å²) in [5.41, 5.74) is 10.1. The molecule has 0 spiro atoms. The maximum Gasteiger partial charge on any atom is 0.456 e. The zero-order valence-corrected chi connectivity index (χ0v) is 14.3. The van der Waals surface area contributed by atoms with Crippen LogP contribution in [0.3, 0.4) is 0 Å². The van der Waals surface area contributed by atoms with E-state index in [0.717, 1.165) is 17.7 Å². The number of aryl methyl sites for hydroxylation is 1. The van der Waals surface area contributed by atoms with Crippen molar-refractivity contribution in [2.45, 2.75) is 18.7 Å². The second kappa shape index (κ2) is 7.21. The molecule has 2 rings (SSSR count). The number of rotatable bonds is 4. The molecule has 0 heterocycles. The molecule has 0 fully saturated rings. The average Bonchev–Trinajstić information content (AvgIpc) is 2.55. The fraction of sp³-hybridized carbons (Fsp3) is 0.118. The number of carbonyl (C=O) groups is 2. The molecule has 0 aliphatic rings. The van der Waals surface area contributed by atoms with Crippen molar-refractivity contribution in [1.29, 1.82) is 0 Å². The van der Waals surface area contributed by atoms with Crippen LogP contribution in [-0.4, -0.2) is 30.0 Å². The summed E-state index contributed by atoms with van der Waals surface area (Å²) in [6.07, 6.45) is 0. The lowest BCUT2D eigenvalue weighted by molar-refractivity contribution is -0.131. The Hall–Kier alpha value is -3.09. The largest absolute Gasteiger partial charge is 0.456 e. The van der Waals surface area contributed by atoms with E-state index in [1.54, 1.807) is 12.1 Å². The molecule has 0 saturated carbocycles. The van der Waals surface area contributed by atoms with Crippen LogP contribution in [0.4, 0.5) is 0 Å². The maximum absolute atomic E-state index is 12.6. The Kier molecular flexibility index (Phi) is 5.26. The summed E-state index contributed by atoms with van der Waals surface area (Å²) in [6, 6.07) is 11.0. The van der Waals surface area contributed by atoms with Crippen molar-refractivity contribution in [3.63, 3.8) is 0 Å². The Labute approximate surface area is 144 Å². The number of nitrogens with zero attached hydrogens (tertiary/aromatic N) is 2. The predicted molar refractivity (Wildman–Crippen MR) is 89.1 cm³/mol. The Balaban J connectivity index is 2.39. The van der Waals surface area contributed by atoms with Crippen molar-refractivity contribution in [3.05, 3.63) is 65.2 Å².